The number of nitrogens with zero attached hydrogens (tertiary/aromatic N) is 3. The highest BCUT2D eigenvalue weighted by atomic mass is 32.2. The van der Waals surface area contributed by atoms with E-state index in [1.54, 1.807) is 29.2 Å². The van der Waals surface area contributed by atoms with Crippen LogP contribution in [0.3, 0.4) is 0 Å². The second kappa shape index (κ2) is 11.3. The molecule has 1 aromatic heterocycles. The van der Waals surface area contributed by atoms with E-state index < -0.39 is 39.6 Å². The molecule has 7 nitrogen and oxygen atoms in total. The lowest BCUT2D eigenvalue weighted by Gasteiger charge is -2.43. The molecule has 1 aliphatic heterocycles. The molecular weight excluding hydrogens is 596 g/mol. The monoisotopic (exact) mass is 621 g/mol. The molecule has 2 aliphatic rings. The number of aliphatic hydroxyl groups is 1. The maximum absolute atomic E-state index is 13.5. The van der Waals surface area contributed by atoms with E-state index in [9.17, 15) is 39.9 Å². The van der Waals surface area contributed by atoms with Crippen LogP contribution in [-0.2, 0) is 22.0 Å². The standard InChI is InChI=1S/C26H25F6N3O4S2/c1-39-23-17(5-4-12-33-23)15-20-16-34(41(37,38)22-7-3-2-6-21(22)40)13-14-35(20)19-10-8-18(9-11-19)24(36,25(27,28)29)26(30,31)32/h2-5,7-12,20,36H,6,13-16H2,1H3/t20-/m1/s1. The van der Waals surface area contributed by atoms with Crippen LogP contribution in [-0.4, -0.2) is 72.8 Å². The Labute approximate surface area is 237 Å². The third-order valence-corrected chi connectivity index (χ3v) is 9.43. The number of ether oxygens (including phenoxy) is 1. The molecule has 1 saturated heterocycles. The van der Waals surface area contributed by atoms with E-state index >= 15 is 0 Å². The summed E-state index contributed by atoms with van der Waals surface area (Å²) in [6.45, 7) is -0.0329. The largest absolute Gasteiger partial charge is 0.481 e. The molecule has 1 aromatic carbocycles. The number of anilines is 1. The molecule has 0 amide bonds. The lowest BCUT2D eigenvalue weighted by molar-refractivity contribution is -0.376. The van der Waals surface area contributed by atoms with Gasteiger partial charge in [0, 0.05) is 60.0 Å². The highest BCUT2D eigenvalue weighted by Gasteiger charge is 2.71. The number of sulfonamides is 1. The summed E-state index contributed by atoms with van der Waals surface area (Å²) in [6, 6.07) is 5.97. The van der Waals surface area contributed by atoms with Crippen LogP contribution < -0.4 is 9.64 Å². The van der Waals surface area contributed by atoms with E-state index in [0.717, 1.165) is 12.1 Å². The number of rotatable bonds is 7. The zero-order chi connectivity index (χ0) is 30.2. The zero-order valence-electron chi connectivity index (χ0n) is 21.5. The van der Waals surface area contributed by atoms with Gasteiger partial charge in [-0.2, -0.15) is 30.6 Å². The van der Waals surface area contributed by atoms with Crippen LogP contribution >= 0.6 is 12.2 Å². The van der Waals surface area contributed by atoms with Gasteiger partial charge in [0.05, 0.1) is 12.0 Å². The van der Waals surface area contributed by atoms with Gasteiger partial charge < -0.3 is 14.7 Å². The second-order valence-electron chi connectivity index (χ2n) is 9.43. The molecule has 0 bridgehead atoms. The van der Waals surface area contributed by atoms with Crippen molar-refractivity contribution in [1.29, 1.82) is 0 Å². The molecule has 15 heteroatoms. The number of hydrogen-bond acceptors (Lipinski definition) is 7. The maximum atomic E-state index is 13.5. The molecule has 2 heterocycles. The first-order valence-corrected chi connectivity index (χ1v) is 14.1. The van der Waals surface area contributed by atoms with Crippen molar-refractivity contribution in [3.05, 3.63) is 76.9 Å². The Balaban J connectivity index is 1.70. The van der Waals surface area contributed by atoms with Crippen LogP contribution in [0.4, 0.5) is 32.0 Å². The third kappa shape index (κ3) is 5.85. The fourth-order valence-corrected chi connectivity index (χ4v) is 6.92. The van der Waals surface area contributed by atoms with Crippen LogP contribution in [0.1, 0.15) is 17.5 Å². The number of piperazine rings is 1. The van der Waals surface area contributed by atoms with Gasteiger partial charge in [-0.15, -0.1) is 0 Å². The molecule has 0 saturated carbocycles. The van der Waals surface area contributed by atoms with Crippen molar-refractivity contribution in [2.75, 3.05) is 31.6 Å². The predicted octanol–water partition coefficient (Wildman–Crippen LogP) is 4.68. The van der Waals surface area contributed by atoms with Crippen molar-refractivity contribution >= 4 is 32.8 Å². The average molecular weight is 622 g/mol. The molecule has 0 spiro atoms. The normalized spacial score (nSPS) is 19.3. The number of pyridine rings is 1. The van der Waals surface area contributed by atoms with Gasteiger partial charge in [-0.25, -0.2) is 13.4 Å². The van der Waals surface area contributed by atoms with Gasteiger partial charge in [0.25, 0.3) is 5.60 Å². The first-order valence-electron chi connectivity index (χ1n) is 12.2. The van der Waals surface area contributed by atoms with Gasteiger partial charge in [0.15, 0.2) is 0 Å². The van der Waals surface area contributed by atoms with Crippen molar-refractivity contribution in [1.82, 2.24) is 9.29 Å². The van der Waals surface area contributed by atoms with Crippen LogP contribution in [0.15, 0.2) is 65.7 Å². The van der Waals surface area contributed by atoms with E-state index in [1.807, 2.05) is 0 Å². The highest BCUT2D eigenvalue weighted by molar-refractivity contribution is 7.96. The van der Waals surface area contributed by atoms with Crippen molar-refractivity contribution in [3.8, 4) is 5.88 Å². The first-order chi connectivity index (χ1) is 19.1. The summed E-state index contributed by atoms with van der Waals surface area (Å²) in [7, 11) is -2.59. The number of alkyl halides is 6. The number of methoxy groups -OCH3 is 1. The SMILES string of the molecule is COc1ncccc1C[C@@H]1CN(S(=O)(=O)C2=CC=CCC2=S)CCN1c1ccc(C(O)(C(F)(F)F)C(F)(F)F)cc1. The minimum absolute atomic E-state index is 0.00379. The number of aromatic nitrogens is 1. The van der Waals surface area contributed by atoms with Crippen molar-refractivity contribution in [2.45, 2.75) is 36.8 Å². The van der Waals surface area contributed by atoms with E-state index in [0.29, 0.717) is 24.1 Å². The Morgan fingerprint density at radius 3 is 2.32 bits per heavy atom. The highest BCUT2D eigenvalue weighted by Crippen LogP contribution is 2.50. The minimum Gasteiger partial charge on any atom is -0.481 e. The number of hydrogen-bond donors (Lipinski definition) is 1. The fraction of sp³-hybridized carbons (Fsp3) is 0.385. The molecule has 0 radical (unpaired) electrons. The molecule has 1 atom stereocenters. The van der Waals surface area contributed by atoms with E-state index in [1.165, 1.54) is 23.7 Å². The quantitative estimate of drug-likeness (QED) is 0.355. The summed E-state index contributed by atoms with van der Waals surface area (Å²) in [5.41, 5.74) is -5.60. The van der Waals surface area contributed by atoms with Crippen molar-refractivity contribution < 1.29 is 44.6 Å². The van der Waals surface area contributed by atoms with Crippen molar-refractivity contribution in [3.63, 3.8) is 0 Å². The van der Waals surface area contributed by atoms with Crippen LogP contribution in [0, 0.1) is 0 Å². The van der Waals surface area contributed by atoms with Gasteiger partial charge in [0.2, 0.25) is 15.9 Å². The number of benzene rings is 1. The molecule has 4 rings (SSSR count). The number of halogens is 6. The summed E-state index contributed by atoms with van der Waals surface area (Å²) in [5.74, 6) is 0.282. The minimum atomic E-state index is -6.02. The van der Waals surface area contributed by atoms with Gasteiger partial charge in [0.1, 0.15) is 0 Å². The van der Waals surface area contributed by atoms with Gasteiger partial charge in [-0.1, -0.05) is 42.6 Å². The molecule has 1 aliphatic carbocycles. The number of allylic oxidation sites excluding steroid dienone is 4. The van der Waals surface area contributed by atoms with Gasteiger partial charge in [-0.05, 0) is 30.7 Å². The Kier molecular flexibility index (Phi) is 8.56. The number of thiocarbonyl (C=S) groups is 1. The summed E-state index contributed by atoms with van der Waals surface area (Å²) in [4.78, 5) is 6.11. The molecule has 1 N–H and O–H groups in total. The Bertz CT molecular complexity index is 1440. The smallest absolute Gasteiger partial charge is 0.430 e. The topological polar surface area (TPSA) is 83.0 Å². The van der Waals surface area contributed by atoms with Crippen LogP contribution in [0.2, 0.25) is 0 Å². The summed E-state index contributed by atoms with van der Waals surface area (Å²) < 4.78 is 114. The predicted molar refractivity (Wildman–Crippen MR) is 143 cm³/mol. The molecule has 222 valence electrons. The van der Waals surface area contributed by atoms with Gasteiger partial charge in [-0.3, -0.25) is 0 Å². The summed E-state index contributed by atoms with van der Waals surface area (Å²) >= 11 is 5.26. The van der Waals surface area contributed by atoms with Crippen LogP contribution in [0.5, 0.6) is 5.88 Å². The summed E-state index contributed by atoms with van der Waals surface area (Å²) in [5, 5.41) is 9.75. The Morgan fingerprint density at radius 2 is 1.73 bits per heavy atom. The summed E-state index contributed by atoms with van der Waals surface area (Å²) in [6.07, 6.45) is -5.29. The maximum Gasteiger partial charge on any atom is 0.430 e. The lowest BCUT2D eigenvalue weighted by Crippen LogP contribution is -2.56. The molecule has 2 aromatic rings. The Morgan fingerprint density at radius 1 is 1.07 bits per heavy atom. The third-order valence-electron chi connectivity index (χ3n) is 6.96. The lowest BCUT2D eigenvalue weighted by atomic mass is 9.92. The molecule has 41 heavy (non-hydrogen) atoms. The van der Waals surface area contributed by atoms with E-state index in [2.05, 4.69) is 4.98 Å². The zero-order valence-corrected chi connectivity index (χ0v) is 23.1. The molecular formula is C26H25F6N3O4S2. The first kappa shape index (κ1) is 30.9. The fourth-order valence-electron chi connectivity index (χ4n) is 4.85. The van der Waals surface area contributed by atoms with E-state index in [-0.39, 0.29) is 47.4 Å². The van der Waals surface area contributed by atoms with Crippen LogP contribution in [0.25, 0.3) is 0 Å². The second-order valence-corrected chi connectivity index (χ2v) is 11.8. The van der Waals surface area contributed by atoms with E-state index in [4.69, 9.17) is 17.0 Å². The average Bonchev–Trinajstić information content (AvgIpc) is 2.92. The molecule has 1 fully saturated rings. The van der Waals surface area contributed by atoms with Gasteiger partial charge >= 0.3 is 12.4 Å². The molecule has 0 unspecified atom stereocenters. The Hall–Kier alpha value is -3.01. The van der Waals surface area contributed by atoms with Crippen molar-refractivity contribution in [2.24, 2.45) is 0 Å².